The molecular weight excluding hydrogens is 380 g/mol. The van der Waals surface area contributed by atoms with Crippen molar-refractivity contribution in [1.29, 1.82) is 0 Å². The van der Waals surface area contributed by atoms with E-state index in [0.717, 1.165) is 33.2 Å². The number of hydrogen-bond acceptors (Lipinski definition) is 4. The zero-order valence-corrected chi connectivity index (χ0v) is 16.4. The number of thiazole rings is 1. The van der Waals surface area contributed by atoms with Gasteiger partial charge in [0.1, 0.15) is 5.65 Å². The Hall–Kier alpha value is -2.70. The maximum Gasteiger partial charge on any atom is 0.232 e. The summed E-state index contributed by atoms with van der Waals surface area (Å²) in [5.41, 5.74) is 4.26. The summed E-state index contributed by atoms with van der Waals surface area (Å²) in [7, 11) is 0. The van der Waals surface area contributed by atoms with E-state index in [0.29, 0.717) is 10.2 Å². The summed E-state index contributed by atoms with van der Waals surface area (Å²) in [4.78, 5) is 22.9. The minimum Gasteiger partial charge on any atom is -0.303 e. The van der Waals surface area contributed by atoms with Gasteiger partial charge < -0.3 is 9.72 Å². The minimum absolute atomic E-state index is 0.121. The van der Waals surface area contributed by atoms with Crippen molar-refractivity contribution in [3.63, 3.8) is 0 Å². The number of anilines is 1. The minimum atomic E-state index is -0.121. The molecule has 0 unspecified atom stereocenters. The number of nitrogens with zero attached hydrogens (tertiary/aromatic N) is 3. The summed E-state index contributed by atoms with van der Waals surface area (Å²) in [6, 6.07) is 13.3. The highest BCUT2D eigenvalue weighted by molar-refractivity contribution is 7.15. The van der Waals surface area contributed by atoms with E-state index in [2.05, 4.69) is 10.3 Å². The third-order valence-electron chi connectivity index (χ3n) is 4.35. The van der Waals surface area contributed by atoms with E-state index in [1.54, 1.807) is 0 Å². The van der Waals surface area contributed by atoms with Crippen LogP contribution in [-0.4, -0.2) is 20.3 Å². The molecule has 136 valence electrons. The number of aromatic nitrogens is 3. The second-order valence-electron chi connectivity index (χ2n) is 6.23. The first kappa shape index (κ1) is 17.7. The summed E-state index contributed by atoms with van der Waals surface area (Å²) in [5.74, 6) is -0.121. The van der Waals surface area contributed by atoms with Gasteiger partial charge in [-0.2, -0.15) is 0 Å². The number of aryl methyl sites for hydroxylation is 2. The molecule has 0 aliphatic heterocycles. The zero-order valence-electron chi connectivity index (χ0n) is 14.9. The maximum atomic E-state index is 12.7. The van der Waals surface area contributed by atoms with Gasteiger partial charge in [-0.25, -0.2) is 9.97 Å². The van der Waals surface area contributed by atoms with Crippen LogP contribution < -0.4 is 5.32 Å². The molecule has 7 heteroatoms. The van der Waals surface area contributed by atoms with Gasteiger partial charge >= 0.3 is 0 Å². The lowest BCUT2D eigenvalue weighted by molar-refractivity contribution is -0.115. The lowest BCUT2D eigenvalue weighted by Gasteiger charge is -2.06. The molecule has 0 spiro atoms. The van der Waals surface area contributed by atoms with Crippen LogP contribution in [0.1, 0.15) is 16.3 Å². The highest BCUT2D eigenvalue weighted by Crippen LogP contribution is 2.27. The predicted molar refractivity (Wildman–Crippen MR) is 110 cm³/mol. The average molecular weight is 397 g/mol. The standard InChI is InChI=1S/C20H17ClN4OS/c1-12-13(2)27-20(22-12)24-18(26)11-16-19(14-6-8-15(21)9-7-14)23-17-5-3-4-10-25(16)17/h3-10H,11H2,1-2H3,(H,22,24,26). The van der Waals surface area contributed by atoms with Gasteiger partial charge in [0, 0.05) is 21.7 Å². The summed E-state index contributed by atoms with van der Waals surface area (Å²) in [5, 5.41) is 4.19. The molecule has 3 heterocycles. The molecule has 0 aliphatic rings. The quantitative estimate of drug-likeness (QED) is 0.533. The summed E-state index contributed by atoms with van der Waals surface area (Å²) in [6.45, 7) is 3.93. The number of hydrogen-bond donors (Lipinski definition) is 1. The van der Waals surface area contributed by atoms with Crippen LogP contribution in [0, 0.1) is 13.8 Å². The van der Waals surface area contributed by atoms with Crippen LogP contribution in [0.15, 0.2) is 48.7 Å². The van der Waals surface area contributed by atoms with E-state index in [9.17, 15) is 4.79 Å². The highest BCUT2D eigenvalue weighted by Gasteiger charge is 2.18. The highest BCUT2D eigenvalue weighted by atomic mass is 35.5. The number of pyridine rings is 1. The SMILES string of the molecule is Cc1nc(NC(=O)Cc2c(-c3ccc(Cl)cc3)nc3ccccn23)sc1C. The van der Waals surface area contributed by atoms with E-state index < -0.39 is 0 Å². The zero-order chi connectivity index (χ0) is 19.0. The number of rotatable bonds is 4. The molecule has 1 amide bonds. The second kappa shape index (κ2) is 7.13. The predicted octanol–water partition coefficient (Wildman–Crippen LogP) is 4.91. The Morgan fingerprint density at radius 1 is 1.15 bits per heavy atom. The van der Waals surface area contributed by atoms with Crippen molar-refractivity contribution in [2.24, 2.45) is 0 Å². The molecule has 4 rings (SSSR count). The number of carbonyl (C=O) groups excluding carboxylic acids is 1. The number of carbonyl (C=O) groups is 1. The van der Waals surface area contributed by atoms with Gasteiger partial charge in [0.25, 0.3) is 0 Å². The molecule has 1 aromatic carbocycles. The third kappa shape index (κ3) is 3.59. The van der Waals surface area contributed by atoms with E-state index in [1.165, 1.54) is 11.3 Å². The van der Waals surface area contributed by atoms with Crippen LogP contribution >= 0.6 is 22.9 Å². The third-order valence-corrected chi connectivity index (χ3v) is 5.59. The number of nitrogens with one attached hydrogen (secondary N) is 1. The second-order valence-corrected chi connectivity index (χ2v) is 7.87. The Balaban J connectivity index is 1.70. The van der Waals surface area contributed by atoms with Gasteiger partial charge in [0.05, 0.1) is 23.5 Å². The largest absolute Gasteiger partial charge is 0.303 e. The van der Waals surface area contributed by atoms with E-state index in [4.69, 9.17) is 16.6 Å². The van der Waals surface area contributed by atoms with Crippen LogP contribution in [0.2, 0.25) is 5.02 Å². The molecule has 4 aromatic rings. The van der Waals surface area contributed by atoms with Gasteiger partial charge in [0.15, 0.2) is 5.13 Å². The Labute approximate surface area is 165 Å². The molecule has 0 bridgehead atoms. The van der Waals surface area contributed by atoms with Crippen LogP contribution in [0.5, 0.6) is 0 Å². The summed E-state index contributed by atoms with van der Waals surface area (Å²) >= 11 is 7.49. The normalized spacial score (nSPS) is 11.1. The van der Waals surface area contributed by atoms with E-state index >= 15 is 0 Å². The fourth-order valence-electron chi connectivity index (χ4n) is 2.90. The molecule has 1 N–H and O–H groups in total. The lowest BCUT2D eigenvalue weighted by Crippen LogP contribution is -2.16. The van der Waals surface area contributed by atoms with E-state index in [1.807, 2.05) is 66.9 Å². The number of imidazole rings is 1. The fourth-order valence-corrected chi connectivity index (χ4v) is 3.85. The van der Waals surface area contributed by atoms with E-state index in [-0.39, 0.29) is 12.3 Å². The first-order valence-corrected chi connectivity index (χ1v) is 9.66. The summed E-state index contributed by atoms with van der Waals surface area (Å²) < 4.78 is 1.95. The first-order chi connectivity index (χ1) is 13.0. The van der Waals surface area contributed by atoms with Crippen molar-refractivity contribution in [3.05, 3.63) is 69.9 Å². The van der Waals surface area contributed by atoms with Crippen molar-refractivity contribution in [1.82, 2.24) is 14.4 Å². The van der Waals surface area contributed by atoms with Crippen LogP contribution in [0.4, 0.5) is 5.13 Å². The Kier molecular flexibility index (Phi) is 4.68. The Morgan fingerprint density at radius 2 is 1.93 bits per heavy atom. The molecule has 0 aliphatic carbocycles. The molecule has 5 nitrogen and oxygen atoms in total. The van der Waals surface area contributed by atoms with Crippen LogP contribution in [0.3, 0.4) is 0 Å². The van der Waals surface area contributed by atoms with Crippen LogP contribution in [-0.2, 0) is 11.2 Å². The molecule has 3 aromatic heterocycles. The Morgan fingerprint density at radius 3 is 2.63 bits per heavy atom. The topological polar surface area (TPSA) is 59.3 Å². The van der Waals surface area contributed by atoms with Gasteiger partial charge in [-0.1, -0.05) is 29.8 Å². The number of amides is 1. The molecule has 0 radical (unpaired) electrons. The fraction of sp³-hybridized carbons (Fsp3) is 0.150. The van der Waals surface area contributed by atoms with Gasteiger partial charge in [-0.05, 0) is 38.1 Å². The van der Waals surface area contributed by atoms with Gasteiger partial charge in [-0.15, -0.1) is 11.3 Å². The van der Waals surface area contributed by atoms with Crippen molar-refractivity contribution in [2.75, 3.05) is 5.32 Å². The molecule has 0 fully saturated rings. The van der Waals surface area contributed by atoms with Crippen molar-refractivity contribution in [3.8, 4) is 11.3 Å². The van der Waals surface area contributed by atoms with Crippen molar-refractivity contribution >= 4 is 39.6 Å². The summed E-state index contributed by atoms with van der Waals surface area (Å²) in [6.07, 6.45) is 2.11. The maximum absolute atomic E-state index is 12.7. The van der Waals surface area contributed by atoms with Crippen molar-refractivity contribution in [2.45, 2.75) is 20.3 Å². The first-order valence-electron chi connectivity index (χ1n) is 8.47. The number of fused-ring (bicyclic) bond motifs is 1. The molecule has 0 saturated carbocycles. The average Bonchev–Trinajstić information content (AvgIpc) is 3.16. The molecule has 27 heavy (non-hydrogen) atoms. The van der Waals surface area contributed by atoms with Crippen molar-refractivity contribution < 1.29 is 4.79 Å². The molecule has 0 atom stereocenters. The lowest BCUT2D eigenvalue weighted by atomic mass is 10.1. The Bertz CT molecular complexity index is 1110. The molecule has 0 saturated heterocycles. The van der Waals surface area contributed by atoms with Crippen LogP contribution in [0.25, 0.3) is 16.9 Å². The molecular formula is C20H17ClN4OS. The van der Waals surface area contributed by atoms with Gasteiger partial charge in [0.2, 0.25) is 5.91 Å². The smallest absolute Gasteiger partial charge is 0.232 e. The number of benzene rings is 1. The monoisotopic (exact) mass is 396 g/mol. The van der Waals surface area contributed by atoms with Gasteiger partial charge in [-0.3, -0.25) is 4.79 Å². The number of halogens is 1.